The number of aliphatic hydroxyl groups is 1. The minimum atomic E-state index is -1.29. The van der Waals surface area contributed by atoms with Crippen LogP contribution in [0.5, 0.6) is 0 Å². The van der Waals surface area contributed by atoms with Crippen LogP contribution in [-0.4, -0.2) is 16.5 Å². The van der Waals surface area contributed by atoms with Crippen molar-refractivity contribution in [1.29, 1.82) is 0 Å². The summed E-state index contributed by atoms with van der Waals surface area (Å²) in [7, 11) is 0. The molecular weight excluding hydrogens is 243 g/mol. The van der Waals surface area contributed by atoms with Gasteiger partial charge >= 0.3 is 0 Å². The minimum absolute atomic E-state index is 0.00756. The summed E-state index contributed by atoms with van der Waals surface area (Å²) in [6, 6.07) is 4.15. The molecule has 4 heteroatoms. The maximum Gasteiger partial charge on any atom is 0.168 e. The lowest BCUT2D eigenvalue weighted by Crippen LogP contribution is -2.38. The molecule has 0 spiro atoms. The Kier molecular flexibility index (Phi) is 4.66. The number of carbonyl (C=O) groups excluding carboxylic acids is 1. The summed E-state index contributed by atoms with van der Waals surface area (Å²) in [5, 5.41) is 10.0. The van der Waals surface area contributed by atoms with Gasteiger partial charge in [0.1, 0.15) is 11.4 Å². The number of ketones is 1. The Morgan fingerprint density at radius 2 is 2.00 bits per heavy atom. The summed E-state index contributed by atoms with van der Waals surface area (Å²) in [5.74, 6) is -0.769. The van der Waals surface area contributed by atoms with Crippen molar-refractivity contribution < 1.29 is 14.3 Å². The van der Waals surface area contributed by atoms with Gasteiger partial charge < -0.3 is 5.11 Å². The quantitative estimate of drug-likeness (QED) is 0.881. The number of carbonyl (C=O) groups is 1. The van der Waals surface area contributed by atoms with E-state index in [1.165, 1.54) is 18.2 Å². The van der Waals surface area contributed by atoms with Gasteiger partial charge in [-0.05, 0) is 30.5 Å². The first-order valence-electron chi connectivity index (χ1n) is 5.62. The van der Waals surface area contributed by atoms with E-state index in [0.29, 0.717) is 18.4 Å². The second kappa shape index (κ2) is 5.61. The van der Waals surface area contributed by atoms with Crippen molar-refractivity contribution >= 4 is 17.4 Å². The number of Topliss-reactive ketones (excluding diaryl/α,β-unsaturated/α-hetero) is 1. The highest BCUT2D eigenvalue weighted by molar-refractivity contribution is 6.30. The largest absolute Gasteiger partial charge is 0.382 e. The molecule has 0 amide bonds. The number of benzene rings is 1. The van der Waals surface area contributed by atoms with Gasteiger partial charge in [0.25, 0.3) is 0 Å². The van der Waals surface area contributed by atoms with Gasteiger partial charge in [0.05, 0.1) is 5.02 Å². The Bertz CT molecular complexity index is 414. The predicted octanol–water partition coefficient (Wildman–Crippen LogP) is 3.14. The van der Waals surface area contributed by atoms with E-state index in [9.17, 15) is 14.3 Å². The molecule has 0 aromatic heterocycles. The zero-order valence-corrected chi connectivity index (χ0v) is 10.7. The monoisotopic (exact) mass is 258 g/mol. The summed E-state index contributed by atoms with van der Waals surface area (Å²) in [5.41, 5.74) is -0.678. The molecule has 94 valence electrons. The molecule has 0 saturated carbocycles. The van der Waals surface area contributed by atoms with Gasteiger partial charge in [-0.2, -0.15) is 0 Å². The van der Waals surface area contributed by atoms with Crippen LogP contribution in [0.3, 0.4) is 0 Å². The zero-order valence-electron chi connectivity index (χ0n) is 9.96. The van der Waals surface area contributed by atoms with E-state index >= 15 is 0 Å². The summed E-state index contributed by atoms with van der Waals surface area (Å²) >= 11 is 5.63. The van der Waals surface area contributed by atoms with Crippen LogP contribution in [0.2, 0.25) is 5.02 Å². The van der Waals surface area contributed by atoms with Gasteiger partial charge in [0.2, 0.25) is 0 Å². The number of hydrogen-bond acceptors (Lipinski definition) is 2. The first-order valence-corrected chi connectivity index (χ1v) is 6.00. The minimum Gasteiger partial charge on any atom is -0.382 e. The SMILES string of the molecule is CCC(O)(CC)C(=O)Cc1ccc(F)c(Cl)c1. The van der Waals surface area contributed by atoms with Crippen LogP contribution in [0.25, 0.3) is 0 Å². The van der Waals surface area contributed by atoms with Crippen LogP contribution in [0.4, 0.5) is 4.39 Å². The average Bonchev–Trinajstić information content (AvgIpc) is 2.32. The Morgan fingerprint density at radius 1 is 1.41 bits per heavy atom. The first kappa shape index (κ1) is 14.1. The lowest BCUT2D eigenvalue weighted by Gasteiger charge is -2.23. The van der Waals surface area contributed by atoms with Crippen LogP contribution in [0.1, 0.15) is 32.3 Å². The fourth-order valence-corrected chi connectivity index (χ4v) is 1.85. The van der Waals surface area contributed by atoms with Crippen molar-refractivity contribution in [2.75, 3.05) is 0 Å². The predicted molar refractivity (Wildman–Crippen MR) is 65.7 cm³/mol. The van der Waals surface area contributed by atoms with E-state index < -0.39 is 11.4 Å². The van der Waals surface area contributed by atoms with Crippen LogP contribution >= 0.6 is 11.6 Å². The van der Waals surface area contributed by atoms with Crippen molar-refractivity contribution in [3.05, 3.63) is 34.6 Å². The van der Waals surface area contributed by atoms with Crippen molar-refractivity contribution in [3.8, 4) is 0 Å². The van der Waals surface area contributed by atoms with Crippen molar-refractivity contribution in [3.63, 3.8) is 0 Å². The zero-order chi connectivity index (χ0) is 13.1. The van der Waals surface area contributed by atoms with Crippen LogP contribution in [0, 0.1) is 5.82 Å². The molecule has 1 rings (SSSR count). The summed E-state index contributed by atoms with van der Waals surface area (Å²) in [6.45, 7) is 3.53. The summed E-state index contributed by atoms with van der Waals surface area (Å²) in [6.07, 6.45) is 0.812. The molecule has 0 aliphatic heterocycles. The maximum absolute atomic E-state index is 12.9. The standard InChI is InChI=1S/C13H16ClFO2/c1-3-13(17,4-2)12(16)8-9-5-6-11(15)10(14)7-9/h5-7,17H,3-4,8H2,1-2H3. The molecular formula is C13H16ClFO2. The second-order valence-electron chi connectivity index (χ2n) is 4.09. The summed E-state index contributed by atoms with van der Waals surface area (Å²) in [4.78, 5) is 11.9. The Morgan fingerprint density at radius 3 is 2.47 bits per heavy atom. The molecule has 0 fully saturated rings. The highest BCUT2D eigenvalue weighted by atomic mass is 35.5. The van der Waals surface area contributed by atoms with E-state index in [1.54, 1.807) is 13.8 Å². The third kappa shape index (κ3) is 3.27. The van der Waals surface area contributed by atoms with Gasteiger partial charge in [-0.15, -0.1) is 0 Å². The van der Waals surface area contributed by atoms with E-state index in [2.05, 4.69) is 0 Å². The molecule has 0 aliphatic rings. The molecule has 0 radical (unpaired) electrons. The second-order valence-corrected chi connectivity index (χ2v) is 4.49. The Labute approximate surface area is 105 Å². The van der Waals surface area contributed by atoms with Crippen molar-refractivity contribution in [1.82, 2.24) is 0 Å². The molecule has 0 atom stereocenters. The molecule has 0 heterocycles. The van der Waals surface area contributed by atoms with Crippen LogP contribution in [-0.2, 0) is 11.2 Å². The highest BCUT2D eigenvalue weighted by Crippen LogP contribution is 2.21. The topological polar surface area (TPSA) is 37.3 Å². The normalized spacial score (nSPS) is 11.6. The van der Waals surface area contributed by atoms with Gasteiger partial charge in [-0.25, -0.2) is 4.39 Å². The molecule has 0 saturated heterocycles. The van der Waals surface area contributed by atoms with Gasteiger partial charge in [-0.3, -0.25) is 4.79 Å². The Balaban J connectivity index is 2.84. The molecule has 1 N–H and O–H groups in total. The summed E-state index contributed by atoms with van der Waals surface area (Å²) < 4.78 is 12.9. The fourth-order valence-electron chi connectivity index (χ4n) is 1.64. The third-order valence-corrected chi connectivity index (χ3v) is 3.33. The third-order valence-electron chi connectivity index (χ3n) is 3.04. The van der Waals surface area contributed by atoms with E-state index in [4.69, 9.17) is 11.6 Å². The molecule has 0 aliphatic carbocycles. The smallest absolute Gasteiger partial charge is 0.168 e. The van der Waals surface area contributed by atoms with Crippen LogP contribution < -0.4 is 0 Å². The lowest BCUT2D eigenvalue weighted by atomic mass is 9.88. The van der Waals surface area contributed by atoms with E-state index in [0.717, 1.165) is 0 Å². The fraction of sp³-hybridized carbons (Fsp3) is 0.462. The number of hydrogen-bond donors (Lipinski definition) is 1. The lowest BCUT2D eigenvalue weighted by molar-refractivity contribution is -0.137. The van der Waals surface area contributed by atoms with E-state index in [1.807, 2.05) is 0 Å². The molecule has 0 bridgehead atoms. The van der Waals surface area contributed by atoms with Gasteiger partial charge in [-0.1, -0.05) is 31.5 Å². The molecule has 2 nitrogen and oxygen atoms in total. The van der Waals surface area contributed by atoms with Crippen molar-refractivity contribution in [2.24, 2.45) is 0 Å². The average molecular weight is 259 g/mol. The molecule has 17 heavy (non-hydrogen) atoms. The molecule has 1 aromatic carbocycles. The van der Waals surface area contributed by atoms with E-state index in [-0.39, 0.29) is 17.2 Å². The molecule has 0 unspecified atom stereocenters. The first-order chi connectivity index (χ1) is 7.92. The number of rotatable bonds is 5. The van der Waals surface area contributed by atoms with Crippen LogP contribution in [0.15, 0.2) is 18.2 Å². The van der Waals surface area contributed by atoms with Crippen molar-refractivity contribution in [2.45, 2.75) is 38.7 Å². The van der Waals surface area contributed by atoms with Gasteiger partial charge in [0, 0.05) is 6.42 Å². The molecule has 1 aromatic rings. The Hall–Kier alpha value is -0.930. The van der Waals surface area contributed by atoms with Gasteiger partial charge in [0.15, 0.2) is 5.78 Å². The maximum atomic E-state index is 12.9. The highest BCUT2D eigenvalue weighted by Gasteiger charge is 2.31. The number of halogens is 2.